The van der Waals surface area contributed by atoms with E-state index in [1.165, 1.54) is 12.3 Å². The van der Waals surface area contributed by atoms with Gasteiger partial charge in [-0.3, -0.25) is 9.69 Å². The second-order valence-corrected chi connectivity index (χ2v) is 3.96. The van der Waals surface area contributed by atoms with Crippen molar-refractivity contribution in [1.82, 2.24) is 4.98 Å². The topological polar surface area (TPSA) is 99.4 Å². The van der Waals surface area contributed by atoms with E-state index in [0.29, 0.717) is 0 Å². The van der Waals surface area contributed by atoms with Crippen LogP contribution in [0.4, 0.5) is 16.3 Å². The summed E-state index contributed by atoms with van der Waals surface area (Å²) in [6, 6.07) is 10.2. The van der Waals surface area contributed by atoms with Crippen LogP contribution in [-0.4, -0.2) is 16.2 Å². The molecule has 0 unspecified atom stereocenters. The van der Waals surface area contributed by atoms with Crippen molar-refractivity contribution in [3.05, 3.63) is 58.4 Å². The normalized spacial score (nSPS) is 10.1. The van der Waals surface area contributed by atoms with Gasteiger partial charge in [0.1, 0.15) is 11.5 Å². The van der Waals surface area contributed by atoms with E-state index in [2.05, 4.69) is 4.98 Å². The molecule has 1 amide bonds. The van der Waals surface area contributed by atoms with Gasteiger partial charge in [0.25, 0.3) is 0 Å². The van der Waals surface area contributed by atoms with Gasteiger partial charge in [0.15, 0.2) is 0 Å². The molecule has 0 atom stereocenters. The standard InChI is InChI=1S/C13H13N3O3/c14-12-11(10(17)6-7-15-12)16(13(18)19)8-9-4-2-1-3-5-9/h1-7H,8H2,(H,18,19)(H3,14,15,17). The van der Waals surface area contributed by atoms with Gasteiger partial charge in [0, 0.05) is 12.3 Å². The average Bonchev–Trinajstić information content (AvgIpc) is 2.38. The lowest BCUT2D eigenvalue weighted by atomic mass is 10.2. The van der Waals surface area contributed by atoms with E-state index in [9.17, 15) is 14.7 Å². The van der Waals surface area contributed by atoms with Crippen LogP contribution in [0.5, 0.6) is 0 Å². The molecule has 0 saturated carbocycles. The molecule has 1 aromatic heterocycles. The predicted molar refractivity (Wildman–Crippen MR) is 72.1 cm³/mol. The molecule has 1 heterocycles. The maximum Gasteiger partial charge on any atom is 0.412 e. The van der Waals surface area contributed by atoms with Crippen molar-refractivity contribution in [2.45, 2.75) is 6.54 Å². The average molecular weight is 259 g/mol. The van der Waals surface area contributed by atoms with Gasteiger partial charge in [-0.2, -0.15) is 0 Å². The van der Waals surface area contributed by atoms with Gasteiger partial charge in [-0.05, 0) is 5.56 Å². The molecule has 19 heavy (non-hydrogen) atoms. The zero-order valence-electron chi connectivity index (χ0n) is 10.0. The fourth-order valence-corrected chi connectivity index (χ4v) is 1.77. The molecule has 0 fully saturated rings. The second-order valence-electron chi connectivity index (χ2n) is 3.96. The summed E-state index contributed by atoms with van der Waals surface area (Å²) in [5.41, 5.74) is 5.93. The number of nitrogen functional groups attached to an aromatic ring is 1. The fraction of sp³-hybridized carbons (Fsp3) is 0.0769. The summed E-state index contributed by atoms with van der Waals surface area (Å²) in [6.45, 7) is 0.0630. The van der Waals surface area contributed by atoms with Crippen LogP contribution in [0.15, 0.2) is 47.4 Å². The molecule has 0 aliphatic carbocycles. The third kappa shape index (κ3) is 2.74. The van der Waals surface area contributed by atoms with Crippen molar-refractivity contribution in [2.75, 3.05) is 10.6 Å². The first kappa shape index (κ1) is 12.7. The first-order valence-corrected chi connectivity index (χ1v) is 5.61. The Kier molecular flexibility index (Phi) is 3.51. The highest BCUT2D eigenvalue weighted by atomic mass is 16.4. The zero-order valence-corrected chi connectivity index (χ0v) is 10.0. The summed E-state index contributed by atoms with van der Waals surface area (Å²) < 4.78 is 0. The molecule has 4 N–H and O–H groups in total. The number of rotatable bonds is 3. The van der Waals surface area contributed by atoms with Crippen LogP contribution in [0, 0.1) is 0 Å². The highest BCUT2D eigenvalue weighted by molar-refractivity contribution is 5.89. The second kappa shape index (κ2) is 5.26. The number of nitrogens with zero attached hydrogens (tertiary/aromatic N) is 1. The summed E-state index contributed by atoms with van der Waals surface area (Å²) >= 11 is 0. The maximum atomic E-state index is 11.8. The highest BCUT2D eigenvalue weighted by Gasteiger charge is 2.20. The molecule has 0 bridgehead atoms. The monoisotopic (exact) mass is 259 g/mol. The Bertz CT molecular complexity index is 637. The van der Waals surface area contributed by atoms with Gasteiger partial charge >= 0.3 is 6.09 Å². The largest absolute Gasteiger partial charge is 0.465 e. The quantitative estimate of drug-likeness (QED) is 0.780. The molecule has 0 radical (unpaired) electrons. The first-order chi connectivity index (χ1) is 9.09. The summed E-state index contributed by atoms with van der Waals surface area (Å²) in [6.07, 6.45) is 0.149. The molecule has 0 aliphatic rings. The van der Waals surface area contributed by atoms with Crippen molar-refractivity contribution in [1.29, 1.82) is 0 Å². The number of carbonyl (C=O) groups is 1. The number of nitrogens with two attached hydrogens (primary N) is 1. The Morgan fingerprint density at radius 2 is 1.95 bits per heavy atom. The minimum atomic E-state index is -1.23. The van der Waals surface area contributed by atoms with Crippen LogP contribution < -0.4 is 16.1 Å². The minimum absolute atomic E-state index is 0.0332. The molecule has 1 aromatic carbocycles. The number of aromatic nitrogens is 1. The molecule has 0 spiro atoms. The van der Waals surface area contributed by atoms with Gasteiger partial charge in [-0.25, -0.2) is 4.79 Å². The van der Waals surface area contributed by atoms with E-state index in [1.807, 2.05) is 6.07 Å². The number of H-pyrrole nitrogens is 1. The Labute approximate surface area is 109 Å². The summed E-state index contributed by atoms with van der Waals surface area (Å²) in [5, 5.41) is 9.25. The smallest absolute Gasteiger partial charge is 0.412 e. The van der Waals surface area contributed by atoms with Gasteiger partial charge < -0.3 is 15.8 Å². The number of pyridine rings is 1. The molecule has 0 aliphatic heterocycles. The summed E-state index contributed by atoms with van der Waals surface area (Å²) in [4.78, 5) is 26.7. The number of nitrogens with one attached hydrogen (secondary N) is 1. The van der Waals surface area contributed by atoms with Crippen LogP contribution in [0.25, 0.3) is 0 Å². The van der Waals surface area contributed by atoms with Crippen molar-refractivity contribution in [3.63, 3.8) is 0 Å². The summed E-state index contributed by atoms with van der Waals surface area (Å²) in [5.74, 6) is 0.0332. The molecular formula is C13H13N3O3. The van der Waals surface area contributed by atoms with Gasteiger partial charge in [-0.1, -0.05) is 30.3 Å². The molecule has 2 aromatic rings. The highest BCUT2D eigenvalue weighted by Crippen LogP contribution is 2.18. The SMILES string of the molecule is Nc1[nH]ccc(=O)c1N(Cc1ccccc1)C(=O)O. The van der Waals surface area contributed by atoms with E-state index >= 15 is 0 Å². The molecule has 0 saturated heterocycles. The lowest BCUT2D eigenvalue weighted by molar-refractivity contribution is 0.201. The van der Waals surface area contributed by atoms with Crippen LogP contribution in [-0.2, 0) is 6.54 Å². The van der Waals surface area contributed by atoms with Crippen LogP contribution >= 0.6 is 0 Å². The van der Waals surface area contributed by atoms with Crippen LogP contribution in [0.1, 0.15) is 5.56 Å². The Morgan fingerprint density at radius 1 is 1.26 bits per heavy atom. The molecular weight excluding hydrogens is 246 g/mol. The summed E-state index contributed by atoms with van der Waals surface area (Å²) in [7, 11) is 0. The predicted octanol–water partition coefficient (Wildman–Crippen LogP) is 1.64. The van der Waals surface area contributed by atoms with E-state index in [4.69, 9.17) is 5.73 Å². The number of amides is 1. The maximum absolute atomic E-state index is 11.8. The lowest BCUT2D eigenvalue weighted by Gasteiger charge is -2.19. The van der Waals surface area contributed by atoms with Gasteiger partial charge in [0.2, 0.25) is 5.43 Å². The number of aromatic amines is 1. The van der Waals surface area contributed by atoms with Gasteiger partial charge in [0.05, 0.1) is 6.54 Å². The molecule has 6 heteroatoms. The third-order valence-corrected chi connectivity index (χ3v) is 2.65. The van der Waals surface area contributed by atoms with E-state index in [0.717, 1.165) is 10.5 Å². The van der Waals surface area contributed by atoms with E-state index < -0.39 is 11.5 Å². The Morgan fingerprint density at radius 3 is 2.53 bits per heavy atom. The number of anilines is 2. The zero-order chi connectivity index (χ0) is 13.8. The molecule has 2 rings (SSSR count). The Balaban J connectivity index is 2.42. The van der Waals surface area contributed by atoms with Crippen LogP contribution in [0.3, 0.4) is 0 Å². The third-order valence-electron chi connectivity index (χ3n) is 2.65. The van der Waals surface area contributed by atoms with Crippen molar-refractivity contribution >= 4 is 17.6 Å². The Hall–Kier alpha value is -2.76. The minimum Gasteiger partial charge on any atom is -0.465 e. The van der Waals surface area contributed by atoms with Crippen molar-refractivity contribution < 1.29 is 9.90 Å². The molecule has 6 nitrogen and oxygen atoms in total. The van der Waals surface area contributed by atoms with Gasteiger partial charge in [-0.15, -0.1) is 0 Å². The van der Waals surface area contributed by atoms with E-state index in [1.54, 1.807) is 24.3 Å². The first-order valence-electron chi connectivity index (χ1n) is 5.61. The lowest BCUT2D eigenvalue weighted by Crippen LogP contribution is -2.33. The molecule has 98 valence electrons. The van der Waals surface area contributed by atoms with Crippen molar-refractivity contribution in [2.24, 2.45) is 0 Å². The number of hydrogen-bond donors (Lipinski definition) is 3. The van der Waals surface area contributed by atoms with E-state index in [-0.39, 0.29) is 18.1 Å². The fourth-order valence-electron chi connectivity index (χ4n) is 1.77. The van der Waals surface area contributed by atoms with Crippen LogP contribution in [0.2, 0.25) is 0 Å². The number of carboxylic acid groups (broad SMARTS) is 1. The number of hydrogen-bond acceptors (Lipinski definition) is 3. The number of benzene rings is 1. The van der Waals surface area contributed by atoms with Crippen molar-refractivity contribution in [3.8, 4) is 0 Å².